The highest BCUT2D eigenvalue weighted by Gasteiger charge is 2.33. The third-order valence-electron chi connectivity index (χ3n) is 6.18. The lowest BCUT2D eigenvalue weighted by Crippen LogP contribution is -2.27. The number of hydrogen-bond acceptors (Lipinski definition) is 4. The molecule has 4 aromatic rings. The Morgan fingerprint density at radius 1 is 1.03 bits per heavy atom. The summed E-state index contributed by atoms with van der Waals surface area (Å²) >= 11 is 0. The van der Waals surface area contributed by atoms with Crippen molar-refractivity contribution in [2.45, 2.75) is 33.9 Å². The highest BCUT2D eigenvalue weighted by atomic mass is 16.6. The topological polar surface area (TPSA) is 86.2 Å². The number of fused-ring (bicyclic) bond motifs is 1. The SMILES string of the molecule is Cc1ccc(-n2nc3c(c2-n2cccc2)CN(C(=O)c2cccc([N+](=O)[O-])c2C)C3)c(C)c1. The van der Waals surface area contributed by atoms with E-state index in [4.69, 9.17) is 5.10 Å². The van der Waals surface area contributed by atoms with E-state index in [1.165, 1.54) is 11.6 Å². The molecule has 0 fully saturated rings. The van der Waals surface area contributed by atoms with Crippen LogP contribution >= 0.6 is 0 Å². The lowest BCUT2D eigenvalue weighted by Gasteiger charge is -2.19. The Labute approximate surface area is 190 Å². The van der Waals surface area contributed by atoms with Gasteiger partial charge in [-0.05, 0) is 50.6 Å². The summed E-state index contributed by atoms with van der Waals surface area (Å²) in [6.07, 6.45) is 3.93. The summed E-state index contributed by atoms with van der Waals surface area (Å²) in [7, 11) is 0. The van der Waals surface area contributed by atoms with Gasteiger partial charge in [0.1, 0.15) is 5.82 Å². The van der Waals surface area contributed by atoms with Crippen molar-refractivity contribution in [1.82, 2.24) is 19.2 Å². The number of aryl methyl sites for hydroxylation is 2. The molecule has 8 nitrogen and oxygen atoms in total. The second kappa shape index (κ2) is 7.74. The van der Waals surface area contributed by atoms with E-state index in [9.17, 15) is 14.9 Å². The van der Waals surface area contributed by atoms with Crippen molar-refractivity contribution in [2.75, 3.05) is 0 Å². The standard InChI is InChI=1S/C25H23N5O3/c1-16-9-10-22(17(2)13-16)29-24(27-11-4-5-12-27)20-14-28(15-21(20)26-29)25(31)19-7-6-8-23(18(19)3)30(32)33/h4-13H,14-15H2,1-3H3. The maximum Gasteiger partial charge on any atom is 0.273 e. The lowest BCUT2D eigenvalue weighted by atomic mass is 10.1. The Morgan fingerprint density at radius 2 is 1.79 bits per heavy atom. The van der Waals surface area contributed by atoms with Crippen LogP contribution in [0.15, 0.2) is 60.9 Å². The van der Waals surface area contributed by atoms with Gasteiger partial charge in [0.15, 0.2) is 0 Å². The van der Waals surface area contributed by atoms with Gasteiger partial charge in [-0.15, -0.1) is 0 Å². The number of nitro groups is 1. The summed E-state index contributed by atoms with van der Waals surface area (Å²) in [5.41, 5.74) is 5.77. The van der Waals surface area contributed by atoms with Gasteiger partial charge in [-0.3, -0.25) is 14.9 Å². The zero-order chi connectivity index (χ0) is 23.3. The molecular weight excluding hydrogens is 418 g/mol. The molecule has 0 bridgehead atoms. The molecule has 8 heteroatoms. The molecule has 0 unspecified atom stereocenters. The van der Waals surface area contributed by atoms with Gasteiger partial charge in [0.05, 0.1) is 29.4 Å². The third-order valence-corrected chi connectivity index (χ3v) is 6.18. The predicted octanol–water partition coefficient (Wildman–Crippen LogP) is 4.65. The van der Waals surface area contributed by atoms with Gasteiger partial charge in [-0.1, -0.05) is 23.8 Å². The second-order valence-corrected chi connectivity index (χ2v) is 8.41. The Balaban J connectivity index is 1.55. The van der Waals surface area contributed by atoms with Crippen LogP contribution in [0.3, 0.4) is 0 Å². The Kier molecular flexibility index (Phi) is 4.85. The van der Waals surface area contributed by atoms with Crippen molar-refractivity contribution < 1.29 is 9.72 Å². The minimum atomic E-state index is -0.455. The van der Waals surface area contributed by atoms with Gasteiger partial charge in [0.25, 0.3) is 11.6 Å². The first-order chi connectivity index (χ1) is 15.8. The zero-order valence-electron chi connectivity index (χ0n) is 18.6. The van der Waals surface area contributed by atoms with Crippen LogP contribution in [0.4, 0.5) is 5.69 Å². The molecule has 1 aliphatic heterocycles. The van der Waals surface area contributed by atoms with Crippen molar-refractivity contribution in [3.63, 3.8) is 0 Å². The Hall–Kier alpha value is -4.20. The van der Waals surface area contributed by atoms with Crippen LogP contribution in [0.2, 0.25) is 0 Å². The van der Waals surface area contributed by atoms with E-state index >= 15 is 0 Å². The average molecular weight is 441 g/mol. The van der Waals surface area contributed by atoms with E-state index in [1.807, 2.05) is 33.8 Å². The molecule has 0 atom stereocenters. The molecule has 0 N–H and O–H groups in total. The number of rotatable bonds is 4. The number of benzene rings is 2. The first-order valence-corrected chi connectivity index (χ1v) is 10.7. The molecule has 0 saturated heterocycles. The van der Waals surface area contributed by atoms with Crippen molar-refractivity contribution in [3.05, 3.63) is 105 Å². The molecule has 1 amide bonds. The quantitative estimate of drug-likeness (QED) is 0.341. The van der Waals surface area contributed by atoms with E-state index < -0.39 is 4.92 Å². The minimum Gasteiger partial charge on any atom is -0.328 e. The maximum absolute atomic E-state index is 13.3. The lowest BCUT2D eigenvalue weighted by molar-refractivity contribution is -0.385. The van der Waals surface area contributed by atoms with Gasteiger partial charge in [0.2, 0.25) is 0 Å². The number of nitro benzene ring substituents is 1. The summed E-state index contributed by atoms with van der Waals surface area (Å²) in [5, 5.41) is 16.2. The van der Waals surface area contributed by atoms with Gasteiger partial charge in [-0.25, -0.2) is 4.68 Å². The fourth-order valence-corrected chi connectivity index (χ4v) is 4.52. The van der Waals surface area contributed by atoms with E-state index in [0.717, 1.165) is 28.3 Å². The van der Waals surface area contributed by atoms with Crippen molar-refractivity contribution >= 4 is 11.6 Å². The predicted molar refractivity (Wildman–Crippen MR) is 124 cm³/mol. The molecule has 33 heavy (non-hydrogen) atoms. The van der Waals surface area contributed by atoms with E-state index in [0.29, 0.717) is 24.2 Å². The molecule has 2 aromatic carbocycles. The summed E-state index contributed by atoms with van der Waals surface area (Å²) in [6, 6.07) is 14.8. The number of carbonyl (C=O) groups is 1. The van der Waals surface area contributed by atoms with Crippen molar-refractivity contribution in [1.29, 1.82) is 0 Å². The van der Waals surface area contributed by atoms with Gasteiger partial charge in [0, 0.05) is 35.2 Å². The molecule has 0 aliphatic carbocycles. The summed E-state index contributed by atoms with van der Waals surface area (Å²) in [5.74, 6) is 0.665. The molecule has 3 heterocycles. The average Bonchev–Trinajstić information content (AvgIpc) is 3.49. The number of carbonyl (C=O) groups excluding carboxylic acids is 1. The fraction of sp³-hybridized carbons (Fsp3) is 0.200. The van der Waals surface area contributed by atoms with Crippen LogP contribution in [0.25, 0.3) is 11.5 Å². The number of nitrogens with zero attached hydrogens (tertiary/aromatic N) is 5. The summed E-state index contributed by atoms with van der Waals surface area (Å²) in [4.78, 5) is 25.9. The maximum atomic E-state index is 13.3. The Morgan fingerprint density at radius 3 is 2.48 bits per heavy atom. The molecule has 0 radical (unpaired) electrons. The fourth-order valence-electron chi connectivity index (χ4n) is 4.52. The van der Waals surface area contributed by atoms with Crippen LogP contribution in [0, 0.1) is 30.9 Å². The number of hydrogen-bond donors (Lipinski definition) is 0. The smallest absolute Gasteiger partial charge is 0.273 e. The highest BCUT2D eigenvalue weighted by molar-refractivity contribution is 5.97. The third kappa shape index (κ3) is 3.40. The highest BCUT2D eigenvalue weighted by Crippen LogP contribution is 2.33. The molecule has 5 rings (SSSR count). The number of aromatic nitrogens is 3. The van der Waals surface area contributed by atoms with Gasteiger partial charge < -0.3 is 9.47 Å². The van der Waals surface area contributed by atoms with E-state index in [2.05, 4.69) is 32.0 Å². The van der Waals surface area contributed by atoms with Crippen molar-refractivity contribution in [3.8, 4) is 11.5 Å². The van der Waals surface area contributed by atoms with E-state index in [1.54, 1.807) is 24.0 Å². The van der Waals surface area contributed by atoms with Gasteiger partial charge >= 0.3 is 0 Å². The molecular formula is C25H23N5O3. The molecule has 0 spiro atoms. The number of amides is 1. The first-order valence-electron chi connectivity index (χ1n) is 10.7. The van der Waals surface area contributed by atoms with Crippen molar-refractivity contribution in [2.24, 2.45) is 0 Å². The van der Waals surface area contributed by atoms with Crippen LogP contribution in [-0.4, -0.2) is 30.1 Å². The van der Waals surface area contributed by atoms with Gasteiger partial charge in [-0.2, -0.15) is 5.10 Å². The van der Waals surface area contributed by atoms with Crippen LogP contribution in [0.1, 0.15) is 38.3 Å². The Bertz CT molecular complexity index is 1400. The molecule has 166 valence electrons. The van der Waals surface area contributed by atoms with Crippen LogP contribution < -0.4 is 0 Å². The monoisotopic (exact) mass is 441 g/mol. The van der Waals surface area contributed by atoms with Crippen LogP contribution in [0.5, 0.6) is 0 Å². The first kappa shape index (κ1) is 20.7. The minimum absolute atomic E-state index is 0.0501. The van der Waals surface area contributed by atoms with Crippen LogP contribution in [-0.2, 0) is 13.1 Å². The second-order valence-electron chi connectivity index (χ2n) is 8.41. The molecule has 0 saturated carbocycles. The summed E-state index contributed by atoms with van der Waals surface area (Å²) in [6.45, 7) is 6.48. The zero-order valence-corrected chi connectivity index (χ0v) is 18.6. The normalized spacial score (nSPS) is 12.8. The largest absolute Gasteiger partial charge is 0.328 e. The summed E-state index contributed by atoms with van der Waals surface area (Å²) < 4.78 is 3.96. The molecule has 2 aromatic heterocycles. The van der Waals surface area contributed by atoms with E-state index in [-0.39, 0.29) is 11.6 Å². The molecule has 1 aliphatic rings.